The van der Waals surface area contributed by atoms with Crippen LogP contribution in [0.1, 0.15) is 19.8 Å². The minimum atomic E-state index is -4.10. The summed E-state index contributed by atoms with van der Waals surface area (Å²) in [6.07, 6.45) is -3.91. The lowest BCUT2D eigenvalue weighted by molar-refractivity contribution is -0.186. The first-order valence-corrected chi connectivity index (χ1v) is 5.75. The van der Waals surface area contributed by atoms with Crippen molar-refractivity contribution < 1.29 is 18.0 Å². The van der Waals surface area contributed by atoms with Gasteiger partial charge in [0.05, 0.1) is 12.0 Å². The second kappa shape index (κ2) is 5.25. The molecule has 17 heavy (non-hydrogen) atoms. The average molecular weight is 252 g/mol. The average Bonchev–Trinajstić information content (AvgIpc) is 2.26. The molecule has 0 aromatic rings. The highest BCUT2D eigenvalue weighted by molar-refractivity contribution is 5.80. The van der Waals surface area contributed by atoms with Crippen molar-refractivity contribution in [3.05, 3.63) is 0 Å². The number of rotatable bonds is 2. The molecule has 0 saturated carbocycles. The number of halogens is 3. The number of nitrogens with zero attached hydrogens (tertiary/aromatic N) is 2. The Labute approximate surface area is 99.6 Å². The third-order valence-corrected chi connectivity index (χ3v) is 3.34. The van der Waals surface area contributed by atoms with Gasteiger partial charge in [0.1, 0.15) is 0 Å². The van der Waals surface area contributed by atoms with Gasteiger partial charge >= 0.3 is 6.18 Å². The molecule has 0 N–H and O–H groups in total. The van der Waals surface area contributed by atoms with Crippen LogP contribution in [0.15, 0.2) is 0 Å². The number of likely N-dealkylation sites (N-methyl/N-ethyl adjacent to an activating group) is 1. The van der Waals surface area contributed by atoms with E-state index in [0.717, 1.165) is 0 Å². The number of likely N-dealkylation sites (tertiary alicyclic amines) is 1. The first-order valence-electron chi connectivity index (χ1n) is 5.75. The van der Waals surface area contributed by atoms with Gasteiger partial charge in [-0.3, -0.25) is 9.69 Å². The summed E-state index contributed by atoms with van der Waals surface area (Å²) < 4.78 is 37.4. The third kappa shape index (κ3) is 3.59. The highest BCUT2D eigenvalue weighted by atomic mass is 19.4. The van der Waals surface area contributed by atoms with E-state index in [2.05, 4.69) is 0 Å². The van der Waals surface area contributed by atoms with Crippen molar-refractivity contribution in [3.8, 4) is 0 Å². The maximum atomic E-state index is 12.5. The number of carbonyl (C=O) groups excluding carboxylic acids is 1. The lowest BCUT2D eigenvalue weighted by Crippen LogP contribution is -2.49. The molecule has 100 valence electrons. The molecule has 3 nitrogen and oxygen atoms in total. The Bertz CT molecular complexity index is 270. The molecular weight excluding hydrogens is 233 g/mol. The number of amides is 1. The molecule has 0 bridgehead atoms. The highest BCUT2D eigenvalue weighted by Gasteiger charge is 2.42. The number of hydrogen-bond donors (Lipinski definition) is 0. The standard InChI is InChI=1S/C11H19F3N2O/c1-8(10(17)15(2)3)16-6-4-9(5-7-16)11(12,13)14/h8-9H,4-7H2,1-3H3. The molecule has 0 aromatic carbocycles. The van der Waals surface area contributed by atoms with Crippen molar-refractivity contribution >= 4 is 5.91 Å². The summed E-state index contributed by atoms with van der Waals surface area (Å²) >= 11 is 0. The Morgan fingerprint density at radius 2 is 1.76 bits per heavy atom. The molecule has 6 heteroatoms. The summed E-state index contributed by atoms with van der Waals surface area (Å²) in [6, 6.07) is -0.334. The first-order chi connectivity index (χ1) is 7.73. The van der Waals surface area contributed by atoms with Crippen LogP contribution in [0.2, 0.25) is 0 Å². The number of piperidine rings is 1. The normalized spacial score (nSPS) is 21.3. The van der Waals surface area contributed by atoms with Crippen molar-refractivity contribution in [2.45, 2.75) is 32.0 Å². The fourth-order valence-corrected chi connectivity index (χ4v) is 2.14. The molecule has 1 aliphatic rings. The predicted molar refractivity (Wildman–Crippen MR) is 58.5 cm³/mol. The maximum absolute atomic E-state index is 12.5. The Morgan fingerprint density at radius 3 is 2.12 bits per heavy atom. The van der Waals surface area contributed by atoms with Crippen molar-refractivity contribution in [2.24, 2.45) is 5.92 Å². The van der Waals surface area contributed by atoms with Gasteiger partial charge in [-0.25, -0.2) is 0 Å². The molecular formula is C11H19F3N2O. The highest BCUT2D eigenvalue weighted by Crippen LogP contribution is 2.34. The SMILES string of the molecule is CC(C(=O)N(C)C)N1CCC(C(F)(F)F)CC1. The third-order valence-electron chi connectivity index (χ3n) is 3.34. The van der Waals surface area contributed by atoms with E-state index in [9.17, 15) is 18.0 Å². The van der Waals surface area contributed by atoms with Gasteiger partial charge in [-0.2, -0.15) is 13.2 Å². The van der Waals surface area contributed by atoms with Crippen LogP contribution in [-0.2, 0) is 4.79 Å². The number of carbonyl (C=O) groups is 1. The molecule has 1 unspecified atom stereocenters. The molecule has 0 aliphatic carbocycles. The Hall–Kier alpha value is -0.780. The molecule has 1 saturated heterocycles. The van der Waals surface area contributed by atoms with Crippen LogP contribution in [0.5, 0.6) is 0 Å². The van der Waals surface area contributed by atoms with E-state index in [1.54, 1.807) is 21.0 Å². The van der Waals surface area contributed by atoms with E-state index in [0.29, 0.717) is 13.1 Å². The van der Waals surface area contributed by atoms with Gasteiger partial charge in [-0.15, -0.1) is 0 Å². The quantitative estimate of drug-likeness (QED) is 0.747. The number of hydrogen-bond acceptors (Lipinski definition) is 2. The summed E-state index contributed by atoms with van der Waals surface area (Å²) in [5.74, 6) is -1.27. The molecule has 1 amide bonds. The maximum Gasteiger partial charge on any atom is 0.391 e. The van der Waals surface area contributed by atoms with Crippen molar-refractivity contribution in [1.29, 1.82) is 0 Å². The van der Waals surface area contributed by atoms with Crippen LogP contribution in [0.3, 0.4) is 0 Å². The van der Waals surface area contributed by atoms with Crippen LogP contribution < -0.4 is 0 Å². The zero-order valence-electron chi connectivity index (χ0n) is 10.4. The van der Waals surface area contributed by atoms with E-state index in [-0.39, 0.29) is 24.8 Å². The molecule has 0 aromatic heterocycles. The van der Waals surface area contributed by atoms with Crippen molar-refractivity contribution in [1.82, 2.24) is 9.80 Å². The van der Waals surface area contributed by atoms with Gasteiger partial charge in [0.25, 0.3) is 0 Å². The molecule has 1 atom stereocenters. The lowest BCUT2D eigenvalue weighted by atomic mass is 9.95. The summed E-state index contributed by atoms with van der Waals surface area (Å²) in [5.41, 5.74) is 0. The predicted octanol–water partition coefficient (Wildman–Crippen LogP) is 1.74. The van der Waals surface area contributed by atoms with E-state index in [4.69, 9.17) is 0 Å². The molecule has 1 aliphatic heterocycles. The van der Waals surface area contributed by atoms with Gasteiger partial charge in [0, 0.05) is 14.1 Å². The van der Waals surface area contributed by atoms with Gasteiger partial charge in [-0.05, 0) is 32.9 Å². The smallest absolute Gasteiger partial charge is 0.347 e. The molecule has 1 fully saturated rings. The summed E-state index contributed by atoms with van der Waals surface area (Å²) in [4.78, 5) is 15.0. The summed E-state index contributed by atoms with van der Waals surface area (Å²) in [7, 11) is 3.31. The fourth-order valence-electron chi connectivity index (χ4n) is 2.14. The Morgan fingerprint density at radius 1 is 1.29 bits per heavy atom. The first kappa shape index (κ1) is 14.3. The lowest BCUT2D eigenvalue weighted by Gasteiger charge is -2.36. The van der Waals surface area contributed by atoms with Gasteiger partial charge < -0.3 is 4.90 Å². The fraction of sp³-hybridized carbons (Fsp3) is 0.909. The van der Waals surface area contributed by atoms with E-state index >= 15 is 0 Å². The summed E-state index contributed by atoms with van der Waals surface area (Å²) in [6.45, 7) is 2.42. The molecule has 0 spiro atoms. The second-order valence-electron chi connectivity index (χ2n) is 4.76. The second-order valence-corrected chi connectivity index (χ2v) is 4.76. The van der Waals surface area contributed by atoms with Crippen molar-refractivity contribution in [2.75, 3.05) is 27.2 Å². The van der Waals surface area contributed by atoms with E-state index < -0.39 is 12.1 Å². The molecule has 1 rings (SSSR count). The minimum absolute atomic E-state index is 0.0598. The van der Waals surface area contributed by atoms with Gasteiger partial charge in [-0.1, -0.05) is 0 Å². The van der Waals surface area contributed by atoms with Crippen LogP contribution in [0, 0.1) is 5.92 Å². The van der Waals surface area contributed by atoms with Crippen LogP contribution in [0.4, 0.5) is 13.2 Å². The van der Waals surface area contributed by atoms with Crippen molar-refractivity contribution in [3.63, 3.8) is 0 Å². The largest absolute Gasteiger partial charge is 0.391 e. The van der Waals surface area contributed by atoms with Gasteiger partial charge in [0.2, 0.25) is 5.91 Å². The topological polar surface area (TPSA) is 23.6 Å². The molecule has 1 heterocycles. The molecule has 0 radical (unpaired) electrons. The Kier molecular flexibility index (Phi) is 4.41. The van der Waals surface area contributed by atoms with Gasteiger partial charge in [0.15, 0.2) is 0 Å². The van der Waals surface area contributed by atoms with E-state index in [1.165, 1.54) is 4.90 Å². The zero-order valence-corrected chi connectivity index (χ0v) is 10.4. The van der Waals surface area contributed by atoms with Crippen LogP contribution >= 0.6 is 0 Å². The van der Waals surface area contributed by atoms with Crippen LogP contribution in [-0.4, -0.2) is 55.1 Å². The monoisotopic (exact) mass is 252 g/mol. The Balaban J connectivity index is 2.50. The summed E-state index contributed by atoms with van der Waals surface area (Å²) in [5, 5.41) is 0. The number of alkyl halides is 3. The van der Waals surface area contributed by atoms with E-state index in [1.807, 2.05) is 4.90 Å². The minimum Gasteiger partial charge on any atom is -0.347 e. The van der Waals surface area contributed by atoms with Crippen LogP contribution in [0.25, 0.3) is 0 Å². The zero-order chi connectivity index (χ0) is 13.2.